The van der Waals surface area contributed by atoms with Crippen molar-refractivity contribution < 1.29 is 0 Å². The first-order valence-electron chi connectivity index (χ1n) is 21.1. The first-order valence-corrected chi connectivity index (χ1v) is 22.7. The highest BCUT2D eigenvalue weighted by Gasteiger charge is 2.21. The maximum absolute atomic E-state index is 5.17. The number of thiophene rings is 2. The molecule has 0 aliphatic rings. The summed E-state index contributed by atoms with van der Waals surface area (Å²) in [6, 6.07) is 65.3. The summed E-state index contributed by atoms with van der Waals surface area (Å²) in [6.45, 7) is 0. The summed E-state index contributed by atoms with van der Waals surface area (Å²) >= 11 is 3.50. The summed E-state index contributed by atoms with van der Waals surface area (Å²) in [5.41, 5.74) is 10.5. The second-order valence-electron chi connectivity index (χ2n) is 15.6. The van der Waals surface area contributed by atoms with Crippen LogP contribution in [0.5, 0.6) is 0 Å². The van der Waals surface area contributed by atoms with Crippen LogP contribution in [0, 0.1) is 0 Å². The highest BCUT2D eigenvalue weighted by Crippen LogP contribution is 2.42. The van der Waals surface area contributed by atoms with Gasteiger partial charge in [-0.25, -0.2) is 19.9 Å². The average molecular weight is 856 g/mol. The molecule has 7 aromatic heterocycles. The molecule has 7 nitrogen and oxygen atoms in total. The Bertz CT molecular complexity index is 3720. The predicted molar refractivity (Wildman–Crippen MR) is 267 cm³/mol. The maximum atomic E-state index is 5.17. The Morgan fingerprint density at radius 2 is 0.656 bits per heavy atom. The number of fused-ring (bicyclic) bond motifs is 12. The van der Waals surface area contributed by atoms with E-state index in [1.807, 2.05) is 30.6 Å². The number of pyridine rings is 1. The molecule has 0 fully saturated rings. The van der Waals surface area contributed by atoms with E-state index in [9.17, 15) is 0 Å². The van der Waals surface area contributed by atoms with Crippen LogP contribution in [0.25, 0.3) is 119 Å². The lowest BCUT2D eigenvalue weighted by Gasteiger charge is -2.10. The summed E-state index contributed by atoms with van der Waals surface area (Å²) in [5.74, 6) is 1.39. The molecule has 0 aliphatic carbocycles. The lowest BCUT2D eigenvalue weighted by atomic mass is 10.1. The van der Waals surface area contributed by atoms with Crippen molar-refractivity contribution in [2.24, 2.45) is 0 Å². The molecule has 0 saturated carbocycles. The Morgan fingerprint density at radius 3 is 1.08 bits per heavy atom. The first kappa shape index (κ1) is 36.5. The molecule has 7 heterocycles. The zero-order chi connectivity index (χ0) is 42.1. The fraction of sp³-hybridized carbons (Fsp3) is 0. The quantitative estimate of drug-likeness (QED) is 0.176. The number of aromatic nitrogens is 7. The normalized spacial score (nSPS) is 11.8. The van der Waals surface area contributed by atoms with Crippen LogP contribution in [0.3, 0.4) is 0 Å². The van der Waals surface area contributed by atoms with E-state index >= 15 is 0 Å². The second-order valence-corrected chi connectivity index (χ2v) is 17.7. The molecule has 0 bridgehead atoms. The molecule has 14 rings (SSSR count). The molecule has 0 spiro atoms. The number of nitrogens with zero attached hydrogens (tertiary/aromatic N) is 7. The largest absolute Gasteiger partial charge is 0.278 e. The summed E-state index contributed by atoms with van der Waals surface area (Å²) in [7, 11) is 0. The molecular weight excluding hydrogens is 823 g/mol. The average Bonchev–Trinajstić information content (AvgIpc) is 4.12. The molecule has 300 valence electrons. The number of rotatable bonds is 4. The van der Waals surface area contributed by atoms with Gasteiger partial charge < -0.3 is 0 Å². The molecule has 0 aliphatic heterocycles. The van der Waals surface area contributed by atoms with E-state index in [1.54, 1.807) is 22.7 Å². The maximum Gasteiger partial charge on any atom is 0.235 e. The molecule has 0 radical (unpaired) electrons. The molecule has 0 amide bonds. The van der Waals surface area contributed by atoms with Crippen LogP contribution in [0.2, 0.25) is 0 Å². The van der Waals surface area contributed by atoms with Crippen LogP contribution in [-0.4, -0.2) is 34.1 Å². The van der Waals surface area contributed by atoms with E-state index in [4.69, 9.17) is 19.9 Å². The van der Waals surface area contributed by atoms with Crippen LogP contribution in [0.1, 0.15) is 0 Å². The van der Waals surface area contributed by atoms with Crippen molar-refractivity contribution >= 4 is 107 Å². The van der Waals surface area contributed by atoms with Crippen molar-refractivity contribution in [3.05, 3.63) is 200 Å². The minimum atomic E-state index is 0.685. The van der Waals surface area contributed by atoms with Gasteiger partial charge in [-0.05, 0) is 48.5 Å². The Balaban J connectivity index is 0.000000129. The van der Waals surface area contributed by atoms with Gasteiger partial charge in [-0.15, -0.1) is 22.7 Å². The van der Waals surface area contributed by atoms with Crippen LogP contribution in [-0.2, 0) is 0 Å². The monoisotopic (exact) mass is 855 g/mol. The summed E-state index contributed by atoms with van der Waals surface area (Å²) in [5, 5.41) is 7.16. The van der Waals surface area contributed by atoms with Gasteiger partial charge in [-0.3, -0.25) is 14.1 Å². The van der Waals surface area contributed by atoms with E-state index in [-0.39, 0.29) is 0 Å². The SMILES string of the molecule is c1ccc(-c2nc(-n3c4ccccc4c4ccccc43)nc3c2sc2ccccc23)cc1.c1ccc2c(c1)sc1c(-c3ccncc3)nc(-n3c4ccccc4c4ccccc43)nc12. The van der Waals surface area contributed by atoms with Crippen LogP contribution in [0.15, 0.2) is 200 Å². The minimum Gasteiger partial charge on any atom is -0.278 e. The van der Waals surface area contributed by atoms with E-state index in [0.717, 1.165) is 70.4 Å². The standard InChI is InChI=1S/C28H17N3S.C27H16N4S/c1-2-10-18(11-3-1)25-27-26(21-14-6-9-17-24(21)32-27)30-28(29-25)31-22-15-7-4-12-19(22)20-13-5-8-16-23(20)31;1-4-10-21-18(7-1)19-8-2-5-11-22(19)31(21)27-29-24(17-13-15-28-16-14-17)26-25(30-27)20-9-3-6-12-23(20)32-26/h1-17H;1-16H. The molecule has 0 unspecified atom stereocenters. The molecule has 0 atom stereocenters. The Kier molecular flexibility index (Phi) is 8.43. The van der Waals surface area contributed by atoms with Crippen molar-refractivity contribution in [3.8, 4) is 34.4 Å². The molecular formula is C55H33N7S2. The molecule has 9 heteroatoms. The highest BCUT2D eigenvalue weighted by atomic mass is 32.1. The van der Waals surface area contributed by atoms with E-state index < -0.39 is 0 Å². The molecule has 7 aromatic carbocycles. The third kappa shape index (κ3) is 5.75. The zero-order valence-electron chi connectivity index (χ0n) is 34.0. The summed E-state index contributed by atoms with van der Waals surface area (Å²) in [6.07, 6.45) is 3.63. The number of para-hydroxylation sites is 4. The van der Waals surface area contributed by atoms with Gasteiger partial charge >= 0.3 is 0 Å². The van der Waals surface area contributed by atoms with Gasteiger partial charge in [0.25, 0.3) is 0 Å². The Labute approximate surface area is 373 Å². The van der Waals surface area contributed by atoms with Crippen molar-refractivity contribution in [1.82, 2.24) is 34.1 Å². The van der Waals surface area contributed by atoms with Crippen molar-refractivity contribution in [2.45, 2.75) is 0 Å². The first-order chi connectivity index (χ1) is 31.8. The fourth-order valence-corrected chi connectivity index (χ4v) is 11.4. The highest BCUT2D eigenvalue weighted by molar-refractivity contribution is 7.26. The lowest BCUT2D eigenvalue weighted by molar-refractivity contribution is 1.02. The summed E-state index contributed by atoms with van der Waals surface area (Å²) < 4.78 is 9.05. The van der Waals surface area contributed by atoms with Gasteiger partial charge in [0.1, 0.15) is 0 Å². The number of hydrogen-bond acceptors (Lipinski definition) is 7. The topological polar surface area (TPSA) is 74.3 Å². The second kappa shape index (κ2) is 14.8. The molecule has 0 saturated heterocycles. The zero-order valence-corrected chi connectivity index (χ0v) is 35.6. The minimum absolute atomic E-state index is 0.685. The number of benzene rings is 7. The van der Waals surface area contributed by atoms with E-state index in [0.29, 0.717) is 11.9 Å². The third-order valence-electron chi connectivity index (χ3n) is 12.0. The summed E-state index contributed by atoms with van der Waals surface area (Å²) in [4.78, 5) is 24.8. The Hall–Kier alpha value is -8.11. The Morgan fingerprint density at radius 1 is 0.312 bits per heavy atom. The van der Waals surface area contributed by atoms with Crippen LogP contribution < -0.4 is 0 Å². The van der Waals surface area contributed by atoms with E-state index in [1.165, 1.54) is 36.3 Å². The van der Waals surface area contributed by atoms with Gasteiger partial charge in [0.05, 0.1) is 53.9 Å². The predicted octanol–water partition coefficient (Wildman–Crippen LogP) is 14.6. The third-order valence-corrected chi connectivity index (χ3v) is 14.3. The van der Waals surface area contributed by atoms with Crippen molar-refractivity contribution in [2.75, 3.05) is 0 Å². The smallest absolute Gasteiger partial charge is 0.235 e. The molecule has 64 heavy (non-hydrogen) atoms. The van der Waals surface area contributed by atoms with E-state index in [2.05, 4.69) is 184 Å². The molecule has 14 aromatic rings. The van der Waals surface area contributed by atoms with Gasteiger partial charge in [0, 0.05) is 65.2 Å². The van der Waals surface area contributed by atoms with Gasteiger partial charge in [0.15, 0.2) is 0 Å². The van der Waals surface area contributed by atoms with Gasteiger partial charge in [-0.2, -0.15) is 0 Å². The van der Waals surface area contributed by atoms with Crippen LogP contribution >= 0.6 is 22.7 Å². The van der Waals surface area contributed by atoms with Gasteiger partial charge in [-0.1, -0.05) is 140 Å². The van der Waals surface area contributed by atoms with Crippen molar-refractivity contribution in [1.29, 1.82) is 0 Å². The lowest BCUT2D eigenvalue weighted by Crippen LogP contribution is -2.02. The fourth-order valence-electron chi connectivity index (χ4n) is 9.13. The number of hydrogen-bond donors (Lipinski definition) is 0. The van der Waals surface area contributed by atoms with Crippen molar-refractivity contribution in [3.63, 3.8) is 0 Å². The van der Waals surface area contributed by atoms with Gasteiger partial charge in [0.2, 0.25) is 11.9 Å². The van der Waals surface area contributed by atoms with Crippen LogP contribution in [0.4, 0.5) is 0 Å². The molecule has 0 N–H and O–H groups in total.